The Labute approximate surface area is 111 Å². The van der Waals surface area contributed by atoms with E-state index in [1.807, 2.05) is 12.1 Å². The number of methoxy groups -OCH3 is 1. The van der Waals surface area contributed by atoms with Crippen LogP contribution in [0, 0.1) is 5.92 Å². The van der Waals surface area contributed by atoms with E-state index in [1.54, 1.807) is 7.11 Å². The lowest BCUT2D eigenvalue weighted by molar-refractivity contribution is 0.313. The van der Waals surface area contributed by atoms with Gasteiger partial charge < -0.3 is 15.0 Å². The van der Waals surface area contributed by atoms with Crippen LogP contribution < -0.4 is 10.1 Å². The highest BCUT2D eigenvalue weighted by Gasteiger charge is 2.05. The summed E-state index contributed by atoms with van der Waals surface area (Å²) in [7, 11) is 3.87. The molecule has 1 rings (SSSR count). The van der Waals surface area contributed by atoms with E-state index in [0.717, 1.165) is 31.9 Å². The SMILES string of the molecule is COc1ccccc1CN(C)CCNCC(C)C. The molecule has 0 fully saturated rings. The van der Waals surface area contributed by atoms with Gasteiger partial charge in [0.2, 0.25) is 0 Å². The van der Waals surface area contributed by atoms with E-state index < -0.39 is 0 Å². The normalized spacial score (nSPS) is 11.2. The van der Waals surface area contributed by atoms with Gasteiger partial charge in [0.05, 0.1) is 7.11 Å². The summed E-state index contributed by atoms with van der Waals surface area (Å²) in [5.74, 6) is 1.68. The average molecular weight is 250 g/mol. The Morgan fingerprint density at radius 3 is 2.67 bits per heavy atom. The Bertz CT molecular complexity index is 339. The van der Waals surface area contributed by atoms with Gasteiger partial charge in [0.25, 0.3) is 0 Å². The van der Waals surface area contributed by atoms with Crippen LogP contribution in [0.5, 0.6) is 5.75 Å². The van der Waals surface area contributed by atoms with Gasteiger partial charge in [-0.2, -0.15) is 0 Å². The van der Waals surface area contributed by atoms with E-state index in [4.69, 9.17) is 4.74 Å². The molecular formula is C15H26N2O. The minimum atomic E-state index is 0.713. The third kappa shape index (κ3) is 5.52. The lowest BCUT2D eigenvalue weighted by Gasteiger charge is -2.19. The largest absolute Gasteiger partial charge is 0.496 e. The summed E-state index contributed by atoms with van der Waals surface area (Å²) in [4.78, 5) is 2.31. The molecule has 0 saturated heterocycles. The molecule has 0 aliphatic heterocycles. The molecule has 3 heteroatoms. The second-order valence-corrected chi connectivity index (χ2v) is 5.15. The molecular weight excluding hydrogens is 224 g/mol. The Morgan fingerprint density at radius 1 is 1.28 bits per heavy atom. The van der Waals surface area contributed by atoms with Crippen LogP contribution >= 0.6 is 0 Å². The zero-order valence-corrected chi connectivity index (χ0v) is 12.1. The first-order valence-electron chi connectivity index (χ1n) is 6.64. The topological polar surface area (TPSA) is 24.5 Å². The maximum Gasteiger partial charge on any atom is 0.123 e. The van der Waals surface area contributed by atoms with Crippen molar-refractivity contribution < 1.29 is 4.74 Å². The molecule has 18 heavy (non-hydrogen) atoms. The number of nitrogens with zero attached hydrogens (tertiary/aromatic N) is 1. The van der Waals surface area contributed by atoms with Gasteiger partial charge in [0, 0.05) is 25.2 Å². The van der Waals surface area contributed by atoms with E-state index in [-0.39, 0.29) is 0 Å². The second-order valence-electron chi connectivity index (χ2n) is 5.15. The number of hydrogen-bond acceptors (Lipinski definition) is 3. The molecule has 0 atom stereocenters. The van der Waals surface area contributed by atoms with Crippen molar-refractivity contribution in [1.29, 1.82) is 0 Å². The van der Waals surface area contributed by atoms with Crippen LogP contribution in [0.25, 0.3) is 0 Å². The van der Waals surface area contributed by atoms with Gasteiger partial charge in [-0.15, -0.1) is 0 Å². The van der Waals surface area contributed by atoms with Crippen molar-refractivity contribution in [3.63, 3.8) is 0 Å². The molecule has 0 bridgehead atoms. The van der Waals surface area contributed by atoms with Crippen LogP contribution in [0.3, 0.4) is 0 Å². The second kappa shape index (κ2) is 8.11. The third-order valence-electron chi connectivity index (χ3n) is 2.86. The molecule has 0 saturated carbocycles. The average Bonchev–Trinajstić information content (AvgIpc) is 2.35. The zero-order valence-electron chi connectivity index (χ0n) is 12.1. The van der Waals surface area contributed by atoms with Crippen LogP contribution in [-0.4, -0.2) is 38.7 Å². The molecule has 1 aromatic rings. The maximum atomic E-state index is 5.36. The number of nitrogens with one attached hydrogen (secondary N) is 1. The highest BCUT2D eigenvalue weighted by Crippen LogP contribution is 2.18. The number of hydrogen-bond donors (Lipinski definition) is 1. The molecule has 0 aromatic heterocycles. The molecule has 1 aromatic carbocycles. The monoisotopic (exact) mass is 250 g/mol. The summed E-state index contributed by atoms with van der Waals surface area (Å²) in [6, 6.07) is 8.20. The molecule has 0 heterocycles. The zero-order chi connectivity index (χ0) is 13.4. The van der Waals surface area contributed by atoms with Gasteiger partial charge >= 0.3 is 0 Å². The Hall–Kier alpha value is -1.06. The minimum absolute atomic E-state index is 0.713. The van der Waals surface area contributed by atoms with Crippen molar-refractivity contribution >= 4 is 0 Å². The molecule has 0 amide bonds. The van der Waals surface area contributed by atoms with Crippen molar-refractivity contribution in [2.45, 2.75) is 20.4 Å². The van der Waals surface area contributed by atoms with Crippen LogP contribution in [-0.2, 0) is 6.54 Å². The lowest BCUT2D eigenvalue weighted by Crippen LogP contribution is -2.30. The smallest absolute Gasteiger partial charge is 0.123 e. The first-order chi connectivity index (χ1) is 8.63. The van der Waals surface area contributed by atoms with Gasteiger partial charge in [0.1, 0.15) is 5.75 Å². The summed E-state index contributed by atoms with van der Waals surface area (Å²) >= 11 is 0. The van der Waals surface area contributed by atoms with Crippen LogP contribution in [0.1, 0.15) is 19.4 Å². The van der Waals surface area contributed by atoms with Crippen molar-refractivity contribution in [2.75, 3.05) is 33.8 Å². The van der Waals surface area contributed by atoms with Crippen molar-refractivity contribution in [3.05, 3.63) is 29.8 Å². The lowest BCUT2D eigenvalue weighted by atomic mass is 10.2. The van der Waals surface area contributed by atoms with Gasteiger partial charge in [-0.3, -0.25) is 0 Å². The van der Waals surface area contributed by atoms with E-state index in [1.165, 1.54) is 5.56 Å². The van der Waals surface area contributed by atoms with Crippen LogP contribution in [0.15, 0.2) is 24.3 Å². The number of ether oxygens (including phenoxy) is 1. The van der Waals surface area contributed by atoms with E-state index in [9.17, 15) is 0 Å². The molecule has 0 spiro atoms. The predicted molar refractivity (Wildman–Crippen MR) is 77.0 cm³/mol. The molecule has 0 aliphatic rings. The molecule has 102 valence electrons. The summed E-state index contributed by atoms with van der Waals surface area (Å²) in [5, 5.41) is 3.46. The minimum Gasteiger partial charge on any atom is -0.496 e. The van der Waals surface area contributed by atoms with Crippen molar-refractivity contribution in [3.8, 4) is 5.75 Å². The first-order valence-corrected chi connectivity index (χ1v) is 6.64. The molecule has 0 aliphatic carbocycles. The molecule has 3 nitrogen and oxygen atoms in total. The Morgan fingerprint density at radius 2 is 2.00 bits per heavy atom. The molecule has 1 N–H and O–H groups in total. The number of benzene rings is 1. The van der Waals surface area contributed by atoms with Gasteiger partial charge in [0.15, 0.2) is 0 Å². The summed E-state index contributed by atoms with van der Waals surface area (Å²) in [6.07, 6.45) is 0. The molecule has 0 radical (unpaired) electrons. The fourth-order valence-corrected chi connectivity index (χ4v) is 1.86. The van der Waals surface area contributed by atoms with Gasteiger partial charge in [-0.05, 0) is 25.6 Å². The highest BCUT2D eigenvalue weighted by molar-refractivity contribution is 5.32. The Kier molecular flexibility index (Phi) is 6.76. The predicted octanol–water partition coefficient (Wildman–Crippen LogP) is 2.37. The first kappa shape index (κ1) is 15.0. The van der Waals surface area contributed by atoms with Crippen LogP contribution in [0.4, 0.5) is 0 Å². The Balaban J connectivity index is 2.33. The standard InChI is InChI=1S/C15H26N2O/c1-13(2)11-16-9-10-17(3)12-14-7-5-6-8-15(14)18-4/h5-8,13,16H,9-12H2,1-4H3. The third-order valence-corrected chi connectivity index (χ3v) is 2.86. The van der Waals surface area contributed by atoms with Gasteiger partial charge in [-0.1, -0.05) is 32.0 Å². The quantitative estimate of drug-likeness (QED) is 0.717. The fourth-order valence-electron chi connectivity index (χ4n) is 1.86. The maximum absolute atomic E-state index is 5.36. The van der Waals surface area contributed by atoms with Crippen LogP contribution in [0.2, 0.25) is 0 Å². The highest BCUT2D eigenvalue weighted by atomic mass is 16.5. The van der Waals surface area contributed by atoms with Gasteiger partial charge in [-0.25, -0.2) is 0 Å². The number of para-hydroxylation sites is 1. The summed E-state index contributed by atoms with van der Waals surface area (Å²) < 4.78 is 5.36. The fraction of sp³-hybridized carbons (Fsp3) is 0.600. The molecule has 0 unspecified atom stereocenters. The summed E-state index contributed by atoms with van der Waals surface area (Å²) in [6.45, 7) is 8.54. The van der Waals surface area contributed by atoms with Crippen molar-refractivity contribution in [1.82, 2.24) is 10.2 Å². The number of likely N-dealkylation sites (N-methyl/N-ethyl adjacent to an activating group) is 1. The van der Waals surface area contributed by atoms with E-state index in [0.29, 0.717) is 5.92 Å². The van der Waals surface area contributed by atoms with E-state index >= 15 is 0 Å². The number of rotatable bonds is 8. The van der Waals surface area contributed by atoms with E-state index in [2.05, 4.69) is 43.2 Å². The summed E-state index contributed by atoms with van der Waals surface area (Å²) in [5.41, 5.74) is 1.24. The van der Waals surface area contributed by atoms with Crippen molar-refractivity contribution in [2.24, 2.45) is 5.92 Å².